The lowest BCUT2D eigenvalue weighted by molar-refractivity contribution is 0.135. The molecule has 1 saturated heterocycles. The average molecular weight is 285 g/mol. The first-order chi connectivity index (χ1) is 7.66. The molecular weight excluding hydrogens is 268 g/mol. The molecule has 2 unspecified atom stereocenters. The van der Waals surface area contributed by atoms with Gasteiger partial charge in [-0.15, -0.1) is 0 Å². The number of nitrogens with one attached hydrogen (secondary N) is 1. The summed E-state index contributed by atoms with van der Waals surface area (Å²) in [6, 6.07) is 3.00. The Labute approximate surface area is 105 Å². The van der Waals surface area contributed by atoms with E-state index in [0.717, 1.165) is 10.4 Å². The van der Waals surface area contributed by atoms with E-state index in [2.05, 4.69) is 50.2 Å². The third kappa shape index (κ3) is 2.71. The predicted molar refractivity (Wildman–Crippen MR) is 68.0 cm³/mol. The molecule has 88 valence electrons. The minimum Gasteiger partial charge on any atom is -0.302 e. The molecule has 0 saturated carbocycles. The van der Waals surface area contributed by atoms with E-state index in [0.29, 0.717) is 12.1 Å². The van der Waals surface area contributed by atoms with Crippen LogP contribution in [0.4, 0.5) is 5.82 Å². The molecule has 1 aliphatic heterocycles. The number of anilines is 1. The van der Waals surface area contributed by atoms with Gasteiger partial charge >= 0.3 is 0 Å². The van der Waals surface area contributed by atoms with Gasteiger partial charge in [0.2, 0.25) is 0 Å². The molecule has 0 aromatic carbocycles. The molecule has 0 radical (unpaired) electrons. The van der Waals surface area contributed by atoms with Crippen molar-refractivity contribution in [3.8, 4) is 0 Å². The zero-order valence-corrected chi connectivity index (χ0v) is 11.2. The number of nitrogens with zero attached hydrogens (tertiary/aromatic N) is 3. The van der Waals surface area contributed by atoms with Gasteiger partial charge in [-0.3, -0.25) is 0 Å². The summed E-state index contributed by atoms with van der Waals surface area (Å²) < 4.78 is 0.808. The van der Waals surface area contributed by atoms with Crippen molar-refractivity contribution >= 4 is 21.7 Å². The maximum Gasteiger partial charge on any atom is 0.144 e. The van der Waals surface area contributed by atoms with Crippen LogP contribution in [0, 0.1) is 0 Å². The van der Waals surface area contributed by atoms with Crippen LogP contribution in [0.2, 0.25) is 0 Å². The van der Waals surface area contributed by atoms with Crippen molar-refractivity contribution in [3.05, 3.63) is 17.0 Å². The monoisotopic (exact) mass is 284 g/mol. The number of hydrogen-bond donors (Lipinski definition) is 1. The number of hydrazine groups is 1. The lowest BCUT2D eigenvalue weighted by atomic mass is 10.00. The Bertz CT molecular complexity index is 348. The van der Waals surface area contributed by atoms with Gasteiger partial charge in [0.25, 0.3) is 0 Å². The Balaban J connectivity index is 2.07. The first-order valence-corrected chi connectivity index (χ1v) is 6.48. The minimum absolute atomic E-state index is 0.553. The lowest BCUT2D eigenvalue weighted by Crippen LogP contribution is -2.47. The molecule has 1 aromatic heterocycles. The summed E-state index contributed by atoms with van der Waals surface area (Å²) >= 11 is 3.35. The zero-order valence-electron chi connectivity index (χ0n) is 9.65. The van der Waals surface area contributed by atoms with Crippen LogP contribution in [0.15, 0.2) is 17.0 Å². The van der Waals surface area contributed by atoms with Gasteiger partial charge in [0.15, 0.2) is 0 Å². The first kappa shape index (κ1) is 11.8. The highest BCUT2D eigenvalue weighted by Crippen LogP contribution is 2.23. The Morgan fingerprint density at radius 3 is 2.62 bits per heavy atom. The average Bonchev–Trinajstić information content (AvgIpc) is 2.24. The van der Waals surface area contributed by atoms with Crippen molar-refractivity contribution in [2.75, 3.05) is 5.43 Å². The lowest BCUT2D eigenvalue weighted by Gasteiger charge is -2.39. The first-order valence-electron chi connectivity index (χ1n) is 5.69. The molecular formula is C11H17BrN4. The number of rotatable bonds is 2. The number of aromatic nitrogens is 2. The maximum absolute atomic E-state index is 4.21. The zero-order chi connectivity index (χ0) is 11.5. The smallest absolute Gasteiger partial charge is 0.144 e. The van der Waals surface area contributed by atoms with E-state index in [1.54, 1.807) is 6.33 Å². The van der Waals surface area contributed by atoms with E-state index in [-0.39, 0.29) is 0 Å². The Morgan fingerprint density at radius 1 is 1.31 bits per heavy atom. The van der Waals surface area contributed by atoms with Gasteiger partial charge in [-0.1, -0.05) is 6.42 Å². The minimum atomic E-state index is 0.553. The second kappa shape index (κ2) is 5.10. The van der Waals surface area contributed by atoms with Crippen LogP contribution in [0.1, 0.15) is 33.1 Å². The third-order valence-corrected chi connectivity index (χ3v) is 3.50. The van der Waals surface area contributed by atoms with Crippen molar-refractivity contribution in [1.29, 1.82) is 0 Å². The fraction of sp³-hybridized carbons (Fsp3) is 0.636. The van der Waals surface area contributed by atoms with Crippen LogP contribution in [0.25, 0.3) is 0 Å². The molecule has 0 amide bonds. The summed E-state index contributed by atoms with van der Waals surface area (Å²) in [6.45, 7) is 4.50. The molecule has 0 spiro atoms. The predicted octanol–water partition coefficient (Wildman–Crippen LogP) is 2.83. The molecule has 4 nitrogen and oxygen atoms in total. The molecule has 2 heterocycles. The third-order valence-electron chi connectivity index (χ3n) is 3.07. The van der Waals surface area contributed by atoms with Gasteiger partial charge in [0.1, 0.15) is 16.7 Å². The standard InChI is InChI=1S/C11H17BrN4/c1-8-4-3-5-9(2)16(8)15-11-6-10(12)13-7-14-11/h6-9H,3-5H2,1-2H3,(H,13,14,15). The SMILES string of the molecule is CC1CCCC(C)N1Nc1cc(Br)ncn1. The molecule has 2 atom stereocenters. The summed E-state index contributed by atoms with van der Waals surface area (Å²) in [5.41, 5.74) is 3.37. The van der Waals surface area contributed by atoms with Crippen LogP contribution in [0.3, 0.4) is 0 Å². The normalized spacial score (nSPS) is 26.7. The van der Waals surface area contributed by atoms with E-state index >= 15 is 0 Å². The molecule has 0 bridgehead atoms. The number of halogens is 1. The van der Waals surface area contributed by atoms with Crippen molar-refractivity contribution in [1.82, 2.24) is 15.0 Å². The summed E-state index contributed by atoms with van der Waals surface area (Å²) in [5, 5.41) is 2.29. The van der Waals surface area contributed by atoms with Crippen LogP contribution in [-0.4, -0.2) is 27.1 Å². The van der Waals surface area contributed by atoms with Crippen molar-refractivity contribution in [2.45, 2.75) is 45.2 Å². The Hall–Kier alpha value is -0.680. The number of piperidine rings is 1. The van der Waals surface area contributed by atoms with Gasteiger partial charge in [0, 0.05) is 18.2 Å². The summed E-state index contributed by atoms with van der Waals surface area (Å²) in [7, 11) is 0. The van der Waals surface area contributed by atoms with Gasteiger partial charge < -0.3 is 5.43 Å². The molecule has 1 aliphatic rings. The van der Waals surface area contributed by atoms with Crippen molar-refractivity contribution in [3.63, 3.8) is 0 Å². The fourth-order valence-electron chi connectivity index (χ4n) is 2.17. The summed E-state index contributed by atoms with van der Waals surface area (Å²) in [4.78, 5) is 8.23. The molecule has 2 rings (SSSR count). The van der Waals surface area contributed by atoms with Crippen LogP contribution < -0.4 is 5.43 Å². The van der Waals surface area contributed by atoms with Crippen LogP contribution in [-0.2, 0) is 0 Å². The second-order valence-corrected chi connectivity index (χ2v) is 5.19. The van der Waals surface area contributed by atoms with Gasteiger partial charge in [-0.2, -0.15) is 0 Å². The van der Waals surface area contributed by atoms with Crippen molar-refractivity contribution in [2.24, 2.45) is 0 Å². The van der Waals surface area contributed by atoms with E-state index in [1.165, 1.54) is 19.3 Å². The van der Waals surface area contributed by atoms with Gasteiger partial charge in [-0.05, 0) is 42.6 Å². The highest BCUT2D eigenvalue weighted by Gasteiger charge is 2.24. The molecule has 1 fully saturated rings. The molecule has 16 heavy (non-hydrogen) atoms. The van der Waals surface area contributed by atoms with Crippen LogP contribution in [0.5, 0.6) is 0 Å². The quantitative estimate of drug-likeness (QED) is 0.848. The highest BCUT2D eigenvalue weighted by atomic mass is 79.9. The summed E-state index contributed by atoms with van der Waals surface area (Å²) in [6.07, 6.45) is 5.35. The van der Waals surface area contributed by atoms with Crippen LogP contribution >= 0.6 is 15.9 Å². The number of hydrogen-bond acceptors (Lipinski definition) is 4. The van der Waals surface area contributed by atoms with E-state index in [4.69, 9.17) is 0 Å². The van der Waals surface area contributed by atoms with Crippen molar-refractivity contribution < 1.29 is 0 Å². The highest BCUT2D eigenvalue weighted by molar-refractivity contribution is 9.10. The van der Waals surface area contributed by atoms with E-state index < -0.39 is 0 Å². The van der Waals surface area contributed by atoms with Gasteiger partial charge in [-0.25, -0.2) is 15.0 Å². The fourth-order valence-corrected chi connectivity index (χ4v) is 2.48. The Kier molecular flexibility index (Phi) is 3.76. The van der Waals surface area contributed by atoms with E-state index in [1.807, 2.05) is 6.07 Å². The topological polar surface area (TPSA) is 41.0 Å². The largest absolute Gasteiger partial charge is 0.302 e. The second-order valence-electron chi connectivity index (χ2n) is 4.37. The molecule has 0 aliphatic carbocycles. The summed E-state index contributed by atoms with van der Waals surface area (Å²) in [5.74, 6) is 0.850. The Morgan fingerprint density at radius 2 is 2.00 bits per heavy atom. The molecule has 1 N–H and O–H groups in total. The molecule has 1 aromatic rings. The molecule has 5 heteroatoms. The van der Waals surface area contributed by atoms with Gasteiger partial charge in [0.05, 0.1) is 0 Å². The van der Waals surface area contributed by atoms with E-state index in [9.17, 15) is 0 Å². The maximum atomic E-state index is 4.21.